The van der Waals surface area contributed by atoms with Gasteiger partial charge in [-0.2, -0.15) is 0 Å². The van der Waals surface area contributed by atoms with Crippen LogP contribution in [0.25, 0.3) is 0 Å². The molecule has 1 aromatic rings. The summed E-state index contributed by atoms with van der Waals surface area (Å²) in [5.41, 5.74) is 7.76. The Balaban J connectivity index is 2.09. The van der Waals surface area contributed by atoms with Crippen LogP contribution in [0.2, 0.25) is 0 Å². The third-order valence-electron chi connectivity index (χ3n) is 3.16. The number of hydrogen-bond acceptors (Lipinski definition) is 4. The van der Waals surface area contributed by atoms with Crippen LogP contribution in [0.3, 0.4) is 0 Å². The number of aromatic nitrogens is 1. The van der Waals surface area contributed by atoms with Crippen LogP contribution in [0.1, 0.15) is 24.6 Å². The molecule has 0 aromatic carbocycles. The Kier molecular flexibility index (Phi) is 3.81. The largest absolute Gasteiger partial charge is 0.354 e. The summed E-state index contributed by atoms with van der Waals surface area (Å²) in [6.45, 7) is 5.80. The smallest absolute Gasteiger partial charge is 0.217 e. The highest BCUT2D eigenvalue weighted by Crippen LogP contribution is 2.20. The normalized spacial score (nSPS) is 19.1. The average molecular weight is 248 g/mol. The highest BCUT2D eigenvalue weighted by molar-refractivity contribution is 5.73. The van der Waals surface area contributed by atoms with E-state index >= 15 is 0 Å². The van der Waals surface area contributed by atoms with Gasteiger partial charge in [-0.05, 0) is 31.0 Å². The molecule has 0 aliphatic carbocycles. The summed E-state index contributed by atoms with van der Waals surface area (Å²) in [6.07, 6.45) is 0.965. The first-order valence-corrected chi connectivity index (χ1v) is 6.28. The molecule has 0 bridgehead atoms. The summed E-state index contributed by atoms with van der Waals surface area (Å²) < 4.78 is 0. The first kappa shape index (κ1) is 12.8. The molecule has 18 heavy (non-hydrogen) atoms. The van der Waals surface area contributed by atoms with Crippen molar-refractivity contribution in [2.75, 3.05) is 18.0 Å². The molecule has 1 atom stereocenters. The molecule has 2 heterocycles. The summed E-state index contributed by atoms with van der Waals surface area (Å²) in [5.74, 6) is 0.991. The number of aryl methyl sites for hydroxylation is 1. The van der Waals surface area contributed by atoms with E-state index in [-0.39, 0.29) is 11.9 Å². The van der Waals surface area contributed by atoms with E-state index in [2.05, 4.69) is 15.2 Å². The maximum absolute atomic E-state index is 11.0. The lowest BCUT2D eigenvalue weighted by Gasteiger charge is -2.19. The number of hydrogen-bond donors (Lipinski definition) is 2. The highest BCUT2D eigenvalue weighted by atomic mass is 16.1. The molecule has 5 nitrogen and oxygen atoms in total. The average Bonchev–Trinajstić information content (AvgIpc) is 2.75. The zero-order valence-corrected chi connectivity index (χ0v) is 10.9. The predicted molar refractivity (Wildman–Crippen MR) is 71.3 cm³/mol. The van der Waals surface area contributed by atoms with Crippen LogP contribution in [0.5, 0.6) is 0 Å². The molecular weight excluding hydrogens is 228 g/mol. The van der Waals surface area contributed by atoms with E-state index < -0.39 is 0 Å². The van der Waals surface area contributed by atoms with Gasteiger partial charge in [-0.15, -0.1) is 0 Å². The standard InChI is InChI=1S/C13H20N4O/c1-9-5-11(7-14)6-13(15-9)17-4-3-12(8-17)16-10(2)18/h5-6,12H,3-4,7-8,14H2,1-2H3,(H,16,18). The van der Waals surface area contributed by atoms with Gasteiger partial charge in [0.1, 0.15) is 5.82 Å². The summed E-state index contributed by atoms with van der Waals surface area (Å²) in [4.78, 5) is 17.8. The number of nitrogens with zero attached hydrogens (tertiary/aromatic N) is 2. The molecule has 1 aromatic heterocycles. The molecule has 1 amide bonds. The number of carbonyl (C=O) groups excluding carboxylic acids is 1. The number of anilines is 1. The molecule has 2 rings (SSSR count). The van der Waals surface area contributed by atoms with Crippen molar-refractivity contribution in [3.05, 3.63) is 23.4 Å². The fourth-order valence-electron chi connectivity index (χ4n) is 2.37. The maximum atomic E-state index is 11.0. The summed E-state index contributed by atoms with van der Waals surface area (Å²) in [7, 11) is 0. The van der Waals surface area contributed by atoms with Crippen molar-refractivity contribution in [2.45, 2.75) is 32.9 Å². The van der Waals surface area contributed by atoms with Crippen molar-refractivity contribution in [3.8, 4) is 0 Å². The van der Waals surface area contributed by atoms with E-state index in [1.807, 2.05) is 19.1 Å². The zero-order valence-electron chi connectivity index (χ0n) is 10.9. The number of rotatable bonds is 3. The quantitative estimate of drug-likeness (QED) is 0.820. The molecule has 98 valence electrons. The summed E-state index contributed by atoms with van der Waals surface area (Å²) in [5, 5.41) is 2.95. The second-order valence-electron chi connectivity index (χ2n) is 4.81. The van der Waals surface area contributed by atoms with Crippen LogP contribution in [0.4, 0.5) is 5.82 Å². The molecule has 1 saturated heterocycles. The van der Waals surface area contributed by atoms with E-state index in [0.717, 1.165) is 36.6 Å². The van der Waals surface area contributed by atoms with Crippen molar-refractivity contribution < 1.29 is 4.79 Å². The lowest BCUT2D eigenvalue weighted by Crippen LogP contribution is -2.35. The Hall–Kier alpha value is -1.62. The topological polar surface area (TPSA) is 71.2 Å². The molecule has 5 heteroatoms. The third-order valence-corrected chi connectivity index (χ3v) is 3.16. The molecular formula is C13H20N4O. The molecule has 1 fully saturated rings. The van der Waals surface area contributed by atoms with Gasteiger partial charge in [-0.1, -0.05) is 0 Å². The predicted octanol–water partition coefficient (Wildman–Crippen LogP) is 0.564. The molecule has 0 saturated carbocycles. The highest BCUT2D eigenvalue weighted by Gasteiger charge is 2.24. The van der Waals surface area contributed by atoms with Gasteiger partial charge < -0.3 is 16.0 Å². The van der Waals surface area contributed by atoms with Crippen LogP contribution < -0.4 is 16.0 Å². The molecule has 0 radical (unpaired) electrons. The monoisotopic (exact) mass is 248 g/mol. The Labute approximate surface area is 107 Å². The van der Waals surface area contributed by atoms with Gasteiger partial charge in [0.2, 0.25) is 5.91 Å². The number of carbonyl (C=O) groups is 1. The van der Waals surface area contributed by atoms with Crippen LogP contribution in [0.15, 0.2) is 12.1 Å². The minimum Gasteiger partial charge on any atom is -0.354 e. The van der Waals surface area contributed by atoms with Crippen molar-refractivity contribution in [3.63, 3.8) is 0 Å². The van der Waals surface area contributed by atoms with Crippen molar-refractivity contribution >= 4 is 11.7 Å². The van der Waals surface area contributed by atoms with E-state index in [4.69, 9.17) is 5.73 Å². The lowest BCUT2D eigenvalue weighted by molar-refractivity contribution is -0.119. The van der Waals surface area contributed by atoms with E-state index in [9.17, 15) is 4.79 Å². The van der Waals surface area contributed by atoms with Crippen molar-refractivity contribution in [1.82, 2.24) is 10.3 Å². The third kappa shape index (κ3) is 2.98. The second-order valence-corrected chi connectivity index (χ2v) is 4.81. The van der Waals surface area contributed by atoms with Gasteiger partial charge in [-0.3, -0.25) is 4.79 Å². The SMILES string of the molecule is CC(=O)NC1CCN(c2cc(CN)cc(C)n2)C1. The molecule has 1 unspecified atom stereocenters. The van der Waals surface area contributed by atoms with Crippen LogP contribution in [-0.4, -0.2) is 30.0 Å². The molecule has 0 spiro atoms. The van der Waals surface area contributed by atoms with Gasteiger partial charge in [0, 0.05) is 38.3 Å². The maximum Gasteiger partial charge on any atom is 0.217 e. The minimum absolute atomic E-state index is 0.0294. The van der Waals surface area contributed by atoms with Crippen molar-refractivity contribution in [2.24, 2.45) is 5.73 Å². The Bertz CT molecular complexity index is 447. The first-order valence-electron chi connectivity index (χ1n) is 6.28. The van der Waals surface area contributed by atoms with E-state index in [0.29, 0.717) is 6.54 Å². The zero-order chi connectivity index (χ0) is 13.1. The Morgan fingerprint density at radius 3 is 3.06 bits per heavy atom. The van der Waals surface area contributed by atoms with Gasteiger partial charge in [0.25, 0.3) is 0 Å². The number of amides is 1. The second kappa shape index (κ2) is 5.35. The Morgan fingerprint density at radius 2 is 2.39 bits per heavy atom. The summed E-state index contributed by atoms with van der Waals surface area (Å²) >= 11 is 0. The van der Waals surface area contributed by atoms with Gasteiger partial charge in [0.05, 0.1) is 0 Å². The fourth-order valence-corrected chi connectivity index (χ4v) is 2.37. The van der Waals surface area contributed by atoms with Crippen LogP contribution in [-0.2, 0) is 11.3 Å². The number of pyridine rings is 1. The molecule has 1 aliphatic heterocycles. The van der Waals surface area contributed by atoms with E-state index in [1.54, 1.807) is 6.92 Å². The molecule has 3 N–H and O–H groups in total. The van der Waals surface area contributed by atoms with Gasteiger partial charge in [0.15, 0.2) is 0 Å². The lowest BCUT2D eigenvalue weighted by atomic mass is 10.2. The summed E-state index contributed by atoms with van der Waals surface area (Å²) in [6, 6.07) is 4.26. The molecule has 1 aliphatic rings. The van der Waals surface area contributed by atoms with Crippen LogP contribution >= 0.6 is 0 Å². The van der Waals surface area contributed by atoms with E-state index in [1.165, 1.54) is 0 Å². The number of nitrogens with two attached hydrogens (primary N) is 1. The number of nitrogens with one attached hydrogen (secondary N) is 1. The minimum atomic E-state index is 0.0294. The fraction of sp³-hybridized carbons (Fsp3) is 0.538. The van der Waals surface area contributed by atoms with Gasteiger partial charge >= 0.3 is 0 Å². The van der Waals surface area contributed by atoms with Gasteiger partial charge in [-0.25, -0.2) is 4.98 Å². The first-order chi connectivity index (χ1) is 8.58. The van der Waals surface area contributed by atoms with Crippen LogP contribution in [0, 0.1) is 6.92 Å². The van der Waals surface area contributed by atoms with Crippen molar-refractivity contribution in [1.29, 1.82) is 0 Å². The Morgan fingerprint density at radius 1 is 1.61 bits per heavy atom.